The van der Waals surface area contributed by atoms with Gasteiger partial charge in [-0.1, -0.05) is 22.9 Å². The first kappa shape index (κ1) is 14.6. The molecule has 86 valence electrons. The Morgan fingerprint density at radius 3 is 2.36 bits per heavy atom. The minimum absolute atomic E-state index is 0.0207. The first-order valence-corrected chi connectivity index (χ1v) is 6.47. The van der Waals surface area contributed by atoms with E-state index in [-0.39, 0.29) is 23.6 Å². The second-order valence-corrected chi connectivity index (χ2v) is 4.98. The Balaban J connectivity index is 3.45. The van der Waals surface area contributed by atoms with Crippen molar-refractivity contribution in [3.63, 3.8) is 0 Å². The fourth-order valence-corrected chi connectivity index (χ4v) is 1.80. The highest BCUT2D eigenvalue weighted by molar-refractivity contribution is 9.09. The summed E-state index contributed by atoms with van der Waals surface area (Å²) in [5.74, 6) is 0.494. The predicted molar refractivity (Wildman–Crippen MR) is 58.9 cm³/mol. The normalized spacial score (nSPS) is 16.7. The van der Waals surface area contributed by atoms with E-state index in [2.05, 4.69) is 21.2 Å². The van der Waals surface area contributed by atoms with E-state index >= 15 is 0 Å². The van der Waals surface area contributed by atoms with Crippen LogP contribution in [0.15, 0.2) is 0 Å². The Labute approximate surface area is 95.3 Å². The maximum atomic E-state index is 11.7. The average Bonchev–Trinajstić information content (AvgIpc) is 2.09. The van der Waals surface area contributed by atoms with E-state index in [9.17, 15) is 13.2 Å². The number of hydrogen-bond acceptors (Lipinski definition) is 2. The number of halogens is 4. The smallest absolute Gasteiger partial charge is 0.313 e. The van der Waals surface area contributed by atoms with Gasteiger partial charge in [-0.15, -0.1) is 0 Å². The van der Waals surface area contributed by atoms with Gasteiger partial charge in [0.1, 0.15) is 0 Å². The molecule has 2 atom stereocenters. The lowest BCUT2D eigenvalue weighted by atomic mass is 10.1. The molecular weight excluding hydrogens is 279 g/mol. The van der Waals surface area contributed by atoms with Crippen molar-refractivity contribution in [3.8, 4) is 0 Å². The molecule has 0 aromatic heterocycles. The van der Waals surface area contributed by atoms with Crippen LogP contribution in [0.25, 0.3) is 0 Å². The minimum Gasteiger partial charge on any atom is -0.313 e. The quantitative estimate of drug-likeness (QED) is 0.596. The summed E-state index contributed by atoms with van der Waals surface area (Å²) in [6.07, 6.45) is 0. The number of thioether (sulfide) groups is 1. The van der Waals surface area contributed by atoms with Crippen molar-refractivity contribution in [3.05, 3.63) is 0 Å². The van der Waals surface area contributed by atoms with Crippen LogP contribution in [0.1, 0.15) is 13.8 Å². The lowest BCUT2D eigenvalue weighted by molar-refractivity contribution is -0.0327. The Kier molecular flexibility index (Phi) is 7.24. The molecule has 14 heavy (non-hydrogen) atoms. The van der Waals surface area contributed by atoms with E-state index in [1.807, 2.05) is 13.8 Å². The molecule has 0 aliphatic rings. The Bertz CT molecular complexity index is 154. The molecule has 0 bridgehead atoms. The summed E-state index contributed by atoms with van der Waals surface area (Å²) in [5, 5.41) is 3.91. The molecule has 1 nitrogen and oxygen atoms in total. The fourth-order valence-electron chi connectivity index (χ4n) is 0.788. The van der Waals surface area contributed by atoms with Crippen molar-refractivity contribution in [2.45, 2.75) is 25.4 Å². The van der Waals surface area contributed by atoms with Crippen LogP contribution in [0.2, 0.25) is 0 Å². The highest BCUT2D eigenvalue weighted by Gasteiger charge is 2.27. The van der Waals surface area contributed by atoms with Gasteiger partial charge in [0, 0.05) is 23.7 Å². The van der Waals surface area contributed by atoms with E-state index in [4.69, 9.17) is 0 Å². The third-order valence-corrected chi connectivity index (χ3v) is 3.69. The highest BCUT2D eigenvalue weighted by Crippen LogP contribution is 2.29. The van der Waals surface area contributed by atoms with Gasteiger partial charge in [-0.05, 0) is 24.6 Å². The van der Waals surface area contributed by atoms with Crippen LogP contribution in [-0.2, 0) is 0 Å². The minimum atomic E-state index is -4.11. The van der Waals surface area contributed by atoms with Crippen LogP contribution >= 0.6 is 27.7 Å². The molecule has 0 amide bonds. The monoisotopic (exact) mass is 293 g/mol. The zero-order valence-electron chi connectivity index (χ0n) is 8.20. The highest BCUT2D eigenvalue weighted by atomic mass is 79.9. The molecule has 0 spiro atoms. The molecule has 0 saturated carbocycles. The first-order valence-electron chi connectivity index (χ1n) is 4.37. The van der Waals surface area contributed by atoms with Crippen LogP contribution in [0, 0.1) is 5.92 Å². The number of rotatable bonds is 6. The molecule has 0 aliphatic heterocycles. The second kappa shape index (κ2) is 6.95. The van der Waals surface area contributed by atoms with Crippen LogP contribution in [0.3, 0.4) is 0 Å². The van der Waals surface area contributed by atoms with E-state index in [0.29, 0.717) is 12.5 Å². The molecule has 2 unspecified atom stereocenters. The van der Waals surface area contributed by atoms with Crippen molar-refractivity contribution >= 4 is 27.7 Å². The summed E-state index contributed by atoms with van der Waals surface area (Å²) in [7, 11) is 0. The third-order valence-electron chi connectivity index (χ3n) is 1.93. The Morgan fingerprint density at radius 1 is 1.36 bits per heavy atom. The molecule has 6 heteroatoms. The van der Waals surface area contributed by atoms with Crippen molar-refractivity contribution in [2.24, 2.45) is 5.92 Å². The Morgan fingerprint density at radius 2 is 1.93 bits per heavy atom. The topological polar surface area (TPSA) is 12.0 Å². The van der Waals surface area contributed by atoms with Crippen LogP contribution < -0.4 is 5.32 Å². The summed E-state index contributed by atoms with van der Waals surface area (Å²) < 4.78 is 35.2. The van der Waals surface area contributed by atoms with Crippen LogP contribution in [0.4, 0.5) is 13.2 Å². The van der Waals surface area contributed by atoms with Crippen molar-refractivity contribution in [1.82, 2.24) is 5.32 Å². The van der Waals surface area contributed by atoms with Crippen molar-refractivity contribution in [2.75, 3.05) is 17.6 Å². The molecule has 0 aromatic rings. The maximum Gasteiger partial charge on any atom is 0.441 e. The summed E-state index contributed by atoms with van der Waals surface area (Å²) in [5.41, 5.74) is -4.11. The van der Waals surface area contributed by atoms with Gasteiger partial charge in [0.2, 0.25) is 0 Å². The predicted octanol–water partition coefficient (Wildman–Crippen LogP) is 3.25. The zero-order chi connectivity index (χ0) is 11.2. The van der Waals surface area contributed by atoms with Gasteiger partial charge in [0.05, 0.1) is 0 Å². The van der Waals surface area contributed by atoms with Gasteiger partial charge >= 0.3 is 5.51 Å². The Hall–Kier alpha value is 0.580. The van der Waals surface area contributed by atoms with E-state index in [1.165, 1.54) is 0 Å². The summed E-state index contributed by atoms with van der Waals surface area (Å²) in [6.45, 7) is 4.41. The molecular formula is C8H15BrF3NS. The SMILES string of the molecule is CC(CBr)C(C)NCCSC(F)(F)F. The lowest BCUT2D eigenvalue weighted by Gasteiger charge is -2.19. The summed E-state index contributed by atoms with van der Waals surface area (Å²) in [6, 6.07) is 0.239. The molecule has 1 N–H and O–H groups in total. The number of hydrogen-bond donors (Lipinski definition) is 1. The average molecular weight is 294 g/mol. The molecule has 0 radical (unpaired) electrons. The molecule has 0 aromatic carbocycles. The molecule has 0 aliphatic carbocycles. The van der Waals surface area contributed by atoms with E-state index < -0.39 is 5.51 Å². The maximum absolute atomic E-state index is 11.7. The van der Waals surface area contributed by atoms with Gasteiger partial charge < -0.3 is 5.32 Å². The molecule has 0 heterocycles. The first-order chi connectivity index (χ1) is 6.37. The van der Waals surface area contributed by atoms with E-state index in [0.717, 1.165) is 5.33 Å². The fraction of sp³-hybridized carbons (Fsp3) is 1.00. The summed E-state index contributed by atoms with van der Waals surface area (Å²) >= 11 is 3.35. The zero-order valence-corrected chi connectivity index (χ0v) is 10.6. The van der Waals surface area contributed by atoms with Crippen LogP contribution in [-0.4, -0.2) is 29.2 Å². The van der Waals surface area contributed by atoms with Gasteiger partial charge in [0.25, 0.3) is 0 Å². The molecule has 0 saturated heterocycles. The van der Waals surface area contributed by atoms with Gasteiger partial charge in [0.15, 0.2) is 0 Å². The largest absolute Gasteiger partial charge is 0.441 e. The van der Waals surface area contributed by atoms with Gasteiger partial charge in [-0.3, -0.25) is 0 Å². The van der Waals surface area contributed by atoms with Crippen LogP contribution in [0.5, 0.6) is 0 Å². The van der Waals surface area contributed by atoms with Crippen molar-refractivity contribution in [1.29, 1.82) is 0 Å². The second-order valence-electron chi connectivity index (χ2n) is 3.17. The van der Waals surface area contributed by atoms with Gasteiger partial charge in [-0.25, -0.2) is 0 Å². The molecule has 0 fully saturated rings. The van der Waals surface area contributed by atoms with Crippen molar-refractivity contribution < 1.29 is 13.2 Å². The number of nitrogens with one attached hydrogen (secondary N) is 1. The van der Waals surface area contributed by atoms with E-state index in [1.54, 1.807) is 0 Å². The summed E-state index contributed by atoms with van der Waals surface area (Å²) in [4.78, 5) is 0. The molecule has 0 rings (SSSR count). The third kappa shape index (κ3) is 7.94. The lowest BCUT2D eigenvalue weighted by Crippen LogP contribution is -2.34. The standard InChI is InChI=1S/C8H15BrF3NS/c1-6(5-9)7(2)13-3-4-14-8(10,11)12/h6-7,13H,3-5H2,1-2H3. The van der Waals surface area contributed by atoms with Gasteiger partial charge in [-0.2, -0.15) is 13.2 Å². The number of alkyl halides is 4.